The minimum absolute atomic E-state index is 0.110. The fourth-order valence-electron chi connectivity index (χ4n) is 2.61. The summed E-state index contributed by atoms with van der Waals surface area (Å²) in [6, 6.07) is 3.56. The molecule has 1 saturated carbocycles. The zero-order valence-electron chi connectivity index (χ0n) is 13.1. The van der Waals surface area contributed by atoms with Crippen molar-refractivity contribution in [1.29, 1.82) is 0 Å². The molecule has 2 rings (SSSR count). The third-order valence-electron chi connectivity index (χ3n) is 3.58. The minimum Gasteiger partial charge on any atom is -0.461 e. The maximum absolute atomic E-state index is 11.7. The van der Waals surface area contributed by atoms with Crippen LogP contribution in [-0.4, -0.2) is 53.6 Å². The van der Waals surface area contributed by atoms with E-state index in [2.05, 4.69) is 10.3 Å². The van der Waals surface area contributed by atoms with Gasteiger partial charge in [-0.25, -0.2) is 4.79 Å². The summed E-state index contributed by atoms with van der Waals surface area (Å²) in [6.07, 6.45) is 4.09. The Labute approximate surface area is 130 Å². The molecule has 22 heavy (non-hydrogen) atoms. The van der Waals surface area contributed by atoms with E-state index < -0.39 is 6.10 Å². The fourth-order valence-corrected chi connectivity index (χ4v) is 2.61. The van der Waals surface area contributed by atoms with Crippen molar-refractivity contribution in [3.63, 3.8) is 0 Å². The first-order chi connectivity index (χ1) is 10.6. The van der Waals surface area contributed by atoms with Crippen molar-refractivity contribution < 1.29 is 19.4 Å². The number of hydrogen-bond donors (Lipinski definition) is 2. The van der Waals surface area contributed by atoms with Crippen LogP contribution in [-0.2, 0) is 9.47 Å². The summed E-state index contributed by atoms with van der Waals surface area (Å²) >= 11 is 0. The van der Waals surface area contributed by atoms with Gasteiger partial charge in [0.1, 0.15) is 6.61 Å². The Bertz CT molecular complexity index is 466. The highest BCUT2D eigenvalue weighted by molar-refractivity contribution is 5.88. The van der Waals surface area contributed by atoms with Gasteiger partial charge in [-0.05, 0) is 38.8 Å². The zero-order valence-corrected chi connectivity index (χ0v) is 13.1. The molecule has 1 fully saturated rings. The maximum Gasteiger partial charge on any atom is 0.339 e. The molecule has 0 aromatic carbocycles. The van der Waals surface area contributed by atoms with E-state index in [4.69, 9.17) is 9.47 Å². The van der Waals surface area contributed by atoms with E-state index in [9.17, 15) is 9.90 Å². The SMILES string of the molecule is CC(C)OC1CC(NCCOC(=O)c2cccnc2)CC1O. The number of aliphatic hydroxyl groups excluding tert-OH is 1. The highest BCUT2D eigenvalue weighted by atomic mass is 16.5. The van der Waals surface area contributed by atoms with Crippen molar-refractivity contribution in [3.8, 4) is 0 Å². The predicted octanol–water partition coefficient (Wildman–Crippen LogP) is 1.14. The zero-order chi connectivity index (χ0) is 15.9. The number of carbonyl (C=O) groups excluding carboxylic acids is 1. The van der Waals surface area contributed by atoms with Gasteiger partial charge in [0.2, 0.25) is 0 Å². The second kappa shape index (κ2) is 8.22. The molecular formula is C16H24N2O4. The van der Waals surface area contributed by atoms with Crippen molar-refractivity contribution >= 4 is 5.97 Å². The van der Waals surface area contributed by atoms with E-state index in [1.165, 1.54) is 6.20 Å². The number of esters is 1. The van der Waals surface area contributed by atoms with Crippen LogP contribution in [0.15, 0.2) is 24.5 Å². The predicted molar refractivity (Wildman–Crippen MR) is 81.6 cm³/mol. The first-order valence-electron chi connectivity index (χ1n) is 7.70. The quantitative estimate of drug-likeness (QED) is 0.581. The van der Waals surface area contributed by atoms with E-state index in [1.807, 2.05) is 13.8 Å². The molecule has 1 aromatic rings. The Morgan fingerprint density at radius 1 is 1.50 bits per heavy atom. The van der Waals surface area contributed by atoms with Crippen LogP contribution in [0.2, 0.25) is 0 Å². The molecule has 3 atom stereocenters. The van der Waals surface area contributed by atoms with Gasteiger partial charge >= 0.3 is 5.97 Å². The average molecular weight is 308 g/mol. The first-order valence-corrected chi connectivity index (χ1v) is 7.70. The summed E-state index contributed by atoms with van der Waals surface area (Å²) < 4.78 is 10.8. The lowest BCUT2D eigenvalue weighted by atomic mass is 10.2. The van der Waals surface area contributed by atoms with Crippen molar-refractivity contribution in [1.82, 2.24) is 10.3 Å². The van der Waals surface area contributed by atoms with Gasteiger partial charge in [-0.3, -0.25) is 4.98 Å². The third kappa shape index (κ3) is 5.05. The molecule has 0 amide bonds. The van der Waals surface area contributed by atoms with Crippen LogP contribution in [0, 0.1) is 0 Å². The Balaban J connectivity index is 1.64. The summed E-state index contributed by atoms with van der Waals surface area (Å²) in [5.41, 5.74) is 0.448. The van der Waals surface area contributed by atoms with Gasteiger partial charge in [0.25, 0.3) is 0 Å². The molecule has 1 aliphatic rings. The number of aromatic nitrogens is 1. The second-order valence-electron chi connectivity index (χ2n) is 5.79. The van der Waals surface area contributed by atoms with Gasteiger partial charge in [0, 0.05) is 25.0 Å². The highest BCUT2D eigenvalue weighted by Crippen LogP contribution is 2.23. The molecule has 0 aliphatic heterocycles. The monoisotopic (exact) mass is 308 g/mol. The number of aliphatic hydroxyl groups is 1. The molecule has 0 saturated heterocycles. The molecule has 2 N–H and O–H groups in total. The van der Waals surface area contributed by atoms with E-state index in [1.54, 1.807) is 18.3 Å². The second-order valence-corrected chi connectivity index (χ2v) is 5.79. The van der Waals surface area contributed by atoms with Gasteiger partial charge in [-0.15, -0.1) is 0 Å². The molecule has 3 unspecified atom stereocenters. The highest BCUT2D eigenvalue weighted by Gasteiger charge is 2.33. The van der Waals surface area contributed by atoms with Crippen molar-refractivity contribution in [2.24, 2.45) is 0 Å². The van der Waals surface area contributed by atoms with Crippen LogP contribution < -0.4 is 5.32 Å². The Morgan fingerprint density at radius 3 is 3.00 bits per heavy atom. The number of rotatable bonds is 7. The summed E-state index contributed by atoms with van der Waals surface area (Å²) in [6.45, 7) is 4.77. The number of hydrogen-bond acceptors (Lipinski definition) is 6. The Hall–Kier alpha value is -1.50. The van der Waals surface area contributed by atoms with Crippen LogP contribution >= 0.6 is 0 Å². The molecule has 122 valence electrons. The van der Waals surface area contributed by atoms with E-state index >= 15 is 0 Å². The molecule has 1 aromatic heterocycles. The minimum atomic E-state index is -0.433. The number of nitrogens with one attached hydrogen (secondary N) is 1. The molecular weight excluding hydrogens is 284 g/mol. The maximum atomic E-state index is 11.7. The van der Waals surface area contributed by atoms with Gasteiger partial charge in [0.05, 0.1) is 23.9 Å². The largest absolute Gasteiger partial charge is 0.461 e. The van der Waals surface area contributed by atoms with Gasteiger partial charge in [0.15, 0.2) is 0 Å². The average Bonchev–Trinajstić information content (AvgIpc) is 2.84. The lowest BCUT2D eigenvalue weighted by Gasteiger charge is -2.18. The molecule has 6 heteroatoms. The topological polar surface area (TPSA) is 80.7 Å². The smallest absolute Gasteiger partial charge is 0.339 e. The molecule has 0 bridgehead atoms. The van der Waals surface area contributed by atoms with E-state index in [-0.39, 0.29) is 30.8 Å². The standard InChI is InChI=1S/C16H24N2O4/c1-11(2)22-15-9-13(8-14(15)19)18-6-7-21-16(20)12-4-3-5-17-10-12/h3-5,10-11,13-15,18-19H,6-9H2,1-2H3. The van der Waals surface area contributed by atoms with Gasteiger partial charge < -0.3 is 19.9 Å². The van der Waals surface area contributed by atoms with Crippen molar-refractivity contribution in [3.05, 3.63) is 30.1 Å². The van der Waals surface area contributed by atoms with Crippen molar-refractivity contribution in [2.75, 3.05) is 13.2 Å². The van der Waals surface area contributed by atoms with E-state index in [0.717, 1.165) is 6.42 Å². The van der Waals surface area contributed by atoms with Crippen LogP contribution in [0.25, 0.3) is 0 Å². The third-order valence-corrected chi connectivity index (χ3v) is 3.58. The number of pyridine rings is 1. The molecule has 1 aliphatic carbocycles. The van der Waals surface area contributed by atoms with Crippen LogP contribution in [0.3, 0.4) is 0 Å². The van der Waals surface area contributed by atoms with Gasteiger partial charge in [-0.2, -0.15) is 0 Å². The lowest BCUT2D eigenvalue weighted by Crippen LogP contribution is -2.31. The Kier molecular flexibility index (Phi) is 6.30. The first kappa shape index (κ1) is 16.9. The van der Waals surface area contributed by atoms with Gasteiger partial charge in [-0.1, -0.05) is 0 Å². The number of nitrogens with zero attached hydrogens (tertiary/aromatic N) is 1. The van der Waals surface area contributed by atoms with Crippen LogP contribution in [0.5, 0.6) is 0 Å². The normalized spacial score (nSPS) is 24.6. The number of ether oxygens (including phenoxy) is 2. The number of carbonyl (C=O) groups is 1. The molecule has 0 radical (unpaired) electrons. The van der Waals surface area contributed by atoms with Crippen molar-refractivity contribution in [2.45, 2.75) is 51.0 Å². The molecule has 6 nitrogen and oxygen atoms in total. The molecule has 1 heterocycles. The van der Waals surface area contributed by atoms with Crippen LogP contribution in [0.4, 0.5) is 0 Å². The summed E-state index contributed by atoms with van der Waals surface area (Å²) in [5, 5.41) is 13.2. The summed E-state index contributed by atoms with van der Waals surface area (Å²) in [4.78, 5) is 15.6. The lowest BCUT2D eigenvalue weighted by molar-refractivity contribution is -0.0483. The summed E-state index contributed by atoms with van der Waals surface area (Å²) in [5.74, 6) is -0.373. The molecule has 0 spiro atoms. The van der Waals surface area contributed by atoms with E-state index in [0.29, 0.717) is 18.5 Å². The van der Waals surface area contributed by atoms with Crippen LogP contribution in [0.1, 0.15) is 37.0 Å². The summed E-state index contributed by atoms with van der Waals surface area (Å²) in [7, 11) is 0. The Morgan fingerprint density at radius 2 is 2.32 bits per heavy atom. The fraction of sp³-hybridized carbons (Fsp3) is 0.625.